The highest BCUT2D eigenvalue weighted by atomic mass is 31.0. The minimum absolute atomic E-state index is 0.225. The summed E-state index contributed by atoms with van der Waals surface area (Å²) in [6.07, 6.45) is 9.18. The number of anilines is 1. The van der Waals surface area contributed by atoms with Gasteiger partial charge in [-0.25, -0.2) is 9.31 Å². The topological polar surface area (TPSA) is 73.2 Å². The summed E-state index contributed by atoms with van der Waals surface area (Å²) in [6.45, 7) is 9.28. The van der Waals surface area contributed by atoms with E-state index in [4.69, 9.17) is 0 Å². The molecule has 2 aromatic rings. The van der Waals surface area contributed by atoms with Gasteiger partial charge in [0.15, 0.2) is 0 Å². The quantitative estimate of drug-likeness (QED) is 0.696. The van der Waals surface area contributed by atoms with Crippen LogP contribution in [0, 0.1) is 0 Å². The van der Waals surface area contributed by atoms with Crippen molar-refractivity contribution in [2.24, 2.45) is 0 Å². The summed E-state index contributed by atoms with van der Waals surface area (Å²) in [5, 5.41) is 7.24. The van der Waals surface area contributed by atoms with E-state index < -0.39 is 0 Å². The average molecular weight is 471 g/mol. The maximum absolute atomic E-state index is 12.3. The number of fused-ring (bicyclic) bond motifs is 1. The van der Waals surface area contributed by atoms with Crippen LogP contribution in [-0.4, -0.2) is 74.8 Å². The van der Waals surface area contributed by atoms with Gasteiger partial charge in [-0.1, -0.05) is 6.92 Å². The van der Waals surface area contributed by atoms with Crippen molar-refractivity contribution >= 4 is 32.4 Å². The molecule has 33 heavy (non-hydrogen) atoms. The predicted molar refractivity (Wildman–Crippen MR) is 133 cm³/mol. The number of nitrogens with one attached hydrogen (secondary N) is 1. The molecule has 1 aliphatic carbocycles. The highest BCUT2D eigenvalue weighted by Gasteiger charge is 2.34. The van der Waals surface area contributed by atoms with Crippen LogP contribution in [0.25, 0.3) is 5.52 Å². The molecule has 0 bridgehead atoms. The summed E-state index contributed by atoms with van der Waals surface area (Å²) >= 11 is 0. The first-order valence-electron chi connectivity index (χ1n) is 12.1. The fourth-order valence-electron chi connectivity index (χ4n) is 5.70. The fraction of sp³-hybridized carbons (Fsp3) is 0.625. The molecule has 2 atom stereocenters. The summed E-state index contributed by atoms with van der Waals surface area (Å²) in [6, 6.07) is 5.15. The second-order valence-corrected chi connectivity index (χ2v) is 11.8. The van der Waals surface area contributed by atoms with E-state index in [-0.39, 0.29) is 11.9 Å². The molecular formula is C24H35N6O2P. The highest BCUT2D eigenvalue weighted by Crippen LogP contribution is 2.38. The SMILES string of the molecule is CC1CN(Cc2ccn3ncc(N4CCC(=O)NC4=O)c3c2)CCN1C1CCC(C)(P)CC1. The molecule has 3 amide bonds. The Hall–Kier alpha value is -2.02. The smallest absolute Gasteiger partial charge is 0.296 e. The number of imide groups is 1. The summed E-state index contributed by atoms with van der Waals surface area (Å²) in [5.41, 5.74) is 2.86. The largest absolute Gasteiger partial charge is 0.328 e. The molecule has 178 valence electrons. The minimum atomic E-state index is -0.374. The summed E-state index contributed by atoms with van der Waals surface area (Å²) in [5.74, 6) is -0.225. The van der Waals surface area contributed by atoms with E-state index in [0.29, 0.717) is 24.2 Å². The van der Waals surface area contributed by atoms with Gasteiger partial charge in [0.2, 0.25) is 5.91 Å². The van der Waals surface area contributed by atoms with E-state index in [1.165, 1.54) is 31.2 Å². The first-order valence-corrected chi connectivity index (χ1v) is 12.7. The van der Waals surface area contributed by atoms with Gasteiger partial charge < -0.3 is 0 Å². The number of carbonyl (C=O) groups is 2. The number of rotatable bonds is 4. The van der Waals surface area contributed by atoms with E-state index in [1.54, 1.807) is 15.6 Å². The van der Waals surface area contributed by atoms with Crippen LogP contribution in [0.1, 0.15) is 51.5 Å². The summed E-state index contributed by atoms with van der Waals surface area (Å²) in [7, 11) is 3.06. The van der Waals surface area contributed by atoms with Gasteiger partial charge in [-0.05, 0) is 55.5 Å². The van der Waals surface area contributed by atoms with Crippen LogP contribution in [0.4, 0.5) is 10.5 Å². The van der Waals surface area contributed by atoms with Crippen LogP contribution in [0.15, 0.2) is 24.5 Å². The van der Waals surface area contributed by atoms with Gasteiger partial charge in [-0.2, -0.15) is 5.10 Å². The molecule has 4 heterocycles. The first-order chi connectivity index (χ1) is 15.8. The van der Waals surface area contributed by atoms with Gasteiger partial charge in [-0.3, -0.25) is 24.8 Å². The summed E-state index contributed by atoms with van der Waals surface area (Å²) in [4.78, 5) is 30.7. The van der Waals surface area contributed by atoms with Gasteiger partial charge in [0.05, 0.1) is 17.4 Å². The molecule has 2 aromatic heterocycles. The van der Waals surface area contributed by atoms with Crippen molar-refractivity contribution in [3.8, 4) is 0 Å². The predicted octanol–water partition coefficient (Wildman–Crippen LogP) is 2.86. The Morgan fingerprint density at radius 2 is 2.00 bits per heavy atom. The number of hydrogen-bond donors (Lipinski definition) is 1. The van der Waals surface area contributed by atoms with Crippen molar-refractivity contribution in [3.05, 3.63) is 30.1 Å². The molecule has 0 spiro atoms. The van der Waals surface area contributed by atoms with Crippen LogP contribution in [0.3, 0.4) is 0 Å². The molecule has 8 nitrogen and oxygen atoms in total. The number of piperazine rings is 1. The van der Waals surface area contributed by atoms with Gasteiger partial charge in [0.1, 0.15) is 0 Å². The van der Waals surface area contributed by atoms with Gasteiger partial charge in [-0.15, -0.1) is 9.24 Å². The van der Waals surface area contributed by atoms with E-state index in [2.05, 4.69) is 55.4 Å². The number of aromatic nitrogens is 2. The summed E-state index contributed by atoms with van der Waals surface area (Å²) < 4.78 is 1.80. The van der Waals surface area contributed by atoms with Crippen LogP contribution in [0.5, 0.6) is 0 Å². The lowest BCUT2D eigenvalue weighted by Crippen LogP contribution is -2.56. The number of pyridine rings is 1. The second-order valence-electron chi connectivity index (χ2n) is 10.4. The van der Waals surface area contributed by atoms with E-state index in [1.807, 2.05) is 6.20 Å². The van der Waals surface area contributed by atoms with Crippen molar-refractivity contribution in [3.63, 3.8) is 0 Å². The number of nitrogens with zero attached hydrogens (tertiary/aromatic N) is 5. The lowest BCUT2D eigenvalue weighted by molar-refractivity contribution is -0.120. The number of carbonyl (C=O) groups excluding carboxylic acids is 2. The number of hydrogen-bond acceptors (Lipinski definition) is 5. The normalized spacial score (nSPS) is 30.1. The molecule has 0 aromatic carbocycles. The Labute approximate surface area is 197 Å². The Morgan fingerprint density at radius 3 is 2.73 bits per heavy atom. The zero-order chi connectivity index (χ0) is 23.2. The van der Waals surface area contributed by atoms with E-state index in [0.717, 1.165) is 43.4 Å². The maximum Gasteiger partial charge on any atom is 0.328 e. The van der Waals surface area contributed by atoms with E-state index in [9.17, 15) is 9.59 Å². The van der Waals surface area contributed by atoms with Crippen LogP contribution >= 0.6 is 9.24 Å². The molecule has 3 fully saturated rings. The zero-order valence-electron chi connectivity index (χ0n) is 19.7. The molecule has 1 N–H and O–H groups in total. The third-order valence-electron chi connectivity index (χ3n) is 7.65. The Kier molecular flexibility index (Phi) is 6.19. The van der Waals surface area contributed by atoms with Crippen molar-refractivity contribution in [1.29, 1.82) is 0 Å². The maximum atomic E-state index is 12.3. The first kappa shape index (κ1) is 22.8. The van der Waals surface area contributed by atoms with Gasteiger partial charge in [0.25, 0.3) is 0 Å². The highest BCUT2D eigenvalue weighted by molar-refractivity contribution is 7.18. The molecule has 0 radical (unpaired) electrons. The van der Waals surface area contributed by atoms with Crippen LogP contribution < -0.4 is 10.2 Å². The average Bonchev–Trinajstić information content (AvgIpc) is 3.17. The van der Waals surface area contributed by atoms with Gasteiger partial charge in [0, 0.05) is 57.4 Å². The van der Waals surface area contributed by atoms with E-state index >= 15 is 0 Å². The lowest BCUT2D eigenvalue weighted by Gasteiger charge is -2.47. The molecular weight excluding hydrogens is 435 g/mol. The third-order valence-corrected chi connectivity index (χ3v) is 8.22. The molecule has 3 aliphatic rings. The molecule has 2 unspecified atom stereocenters. The molecule has 5 rings (SSSR count). The van der Waals surface area contributed by atoms with Crippen molar-refractivity contribution < 1.29 is 9.59 Å². The second kappa shape index (κ2) is 8.97. The monoisotopic (exact) mass is 470 g/mol. The van der Waals surface area contributed by atoms with Crippen LogP contribution in [0.2, 0.25) is 0 Å². The Balaban J connectivity index is 1.25. The third kappa shape index (κ3) is 4.79. The van der Waals surface area contributed by atoms with Crippen LogP contribution in [-0.2, 0) is 11.3 Å². The lowest BCUT2D eigenvalue weighted by atomic mass is 9.85. The molecule has 1 saturated carbocycles. The minimum Gasteiger partial charge on any atom is -0.296 e. The number of amides is 3. The molecule has 9 heteroatoms. The fourth-order valence-corrected chi connectivity index (χ4v) is 6.03. The number of urea groups is 1. The molecule has 2 aliphatic heterocycles. The van der Waals surface area contributed by atoms with Crippen molar-refractivity contribution in [2.75, 3.05) is 31.1 Å². The van der Waals surface area contributed by atoms with Crippen molar-refractivity contribution in [1.82, 2.24) is 24.7 Å². The zero-order valence-corrected chi connectivity index (χ0v) is 20.8. The molecule has 2 saturated heterocycles. The standard InChI is InChI=1S/C24H35N6O2P/c1-17-15-27(11-12-28(17)19-3-7-24(2,33)8-4-19)16-18-5-10-30-20(13-18)21(14-25-30)29-9-6-22(31)26-23(29)32/h5,10,13-14,17,19H,3-4,6-9,11-12,15-16,33H2,1-2H3,(H,26,31,32). The Morgan fingerprint density at radius 1 is 1.21 bits per heavy atom. The van der Waals surface area contributed by atoms with Gasteiger partial charge >= 0.3 is 6.03 Å². The van der Waals surface area contributed by atoms with Crippen molar-refractivity contribution in [2.45, 2.75) is 69.7 Å². The Bertz CT molecular complexity index is 1040.